The molecule has 136 valence electrons. The SMILES string of the molecule is CCc1ccccc1N1CCN(C(=O)Nc2ccc(C)cc2)[C@@H](C)C1=O. The maximum absolute atomic E-state index is 12.9. The smallest absolute Gasteiger partial charge is 0.311 e. The van der Waals surface area contributed by atoms with Crippen LogP contribution < -0.4 is 10.2 Å². The molecule has 0 spiro atoms. The molecule has 3 rings (SSSR count). The Balaban J connectivity index is 1.73. The van der Waals surface area contributed by atoms with Gasteiger partial charge in [0.2, 0.25) is 5.91 Å². The van der Waals surface area contributed by atoms with Crippen LogP contribution in [0.2, 0.25) is 0 Å². The van der Waals surface area contributed by atoms with E-state index in [1.165, 1.54) is 0 Å². The fourth-order valence-electron chi connectivity index (χ4n) is 3.29. The third-order valence-electron chi connectivity index (χ3n) is 4.88. The van der Waals surface area contributed by atoms with E-state index >= 15 is 0 Å². The molecule has 0 unspecified atom stereocenters. The number of anilines is 2. The monoisotopic (exact) mass is 351 g/mol. The first kappa shape index (κ1) is 18.0. The molecule has 0 aliphatic carbocycles. The highest BCUT2D eigenvalue weighted by molar-refractivity contribution is 6.02. The summed E-state index contributed by atoms with van der Waals surface area (Å²) in [5, 5.41) is 2.88. The van der Waals surface area contributed by atoms with E-state index in [0.717, 1.165) is 28.9 Å². The second-order valence-electron chi connectivity index (χ2n) is 6.64. The Morgan fingerprint density at radius 2 is 1.81 bits per heavy atom. The molecule has 5 nitrogen and oxygen atoms in total. The number of piperazine rings is 1. The molecule has 1 N–H and O–H groups in total. The zero-order valence-electron chi connectivity index (χ0n) is 15.5. The van der Waals surface area contributed by atoms with Crippen molar-refractivity contribution in [3.8, 4) is 0 Å². The van der Waals surface area contributed by atoms with Gasteiger partial charge in [-0.1, -0.05) is 42.8 Å². The van der Waals surface area contributed by atoms with Gasteiger partial charge in [-0.3, -0.25) is 4.79 Å². The molecular weight excluding hydrogens is 326 g/mol. The van der Waals surface area contributed by atoms with Gasteiger partial charge in [-0.2, -0.15) is 0 Å². The van der Waals surface area contributed by atoms with E-state index in [9.17, 15) is 9.59 Å². The average molecular weight is 351 g/mol. The van der Waals surface area contributed by atoms with Gasteiger partial charge in [-0.05, 0) is 44.0 Å². The number of rotatable bonds is 3. The minimum atomic E-state index is -0.501. The number of carbonyl (C=O) groups excluding carboxylic acids is 2. The summed E-state index contributed by atoms with van der Waals surface area (Å²) in [5.74, 6) is -0.0452. The molecule has 2 aromatic carbocycles. The second kappa shape index (κ2) is 7.60. The second-order valence-corrected chi connectivity index (χ2v) is 6.64. The summed E-state index contributed by atoms with van der Waals surface area (Å²) < 4.78 is 0. The van der Waals surface area contributed by atoms with Crippen LogP contribution in [0.15, 0.2) is 48.5 Å². The van der Waals surface area contributed by atoms with Crippen molar-refractivity contribution in [2.75, 3.05) is 23.3 Å². The Kier molecular flexibility index (Phi) is 5.26. The van der Waals surface area contributed by atoms with E-state index in [4.69, 9.17) is 0 Å². The summed E-state index contributed by atoms with van der Waals surface area (Å²) in [5.41, 5.74) is 3.96. The van der Waals surface area contributed by atoms with Crippen LogP contribution >= 0.6 is 0 Å². The van der Waals surface area contributed by atoms with Crippen molar-refractivity contribution in [3.63, 3.8) is 0 Å². The van der Waals surface area contributed by atoms with Crippen LogP contribution in [0.3, 0.4) is 0 Å². The van der Waals surface area contributed by atoms with Crippen LogP contribution in [-0.4, -0.2) is 36.0 Å². The molecule has 0 bridgehead atoms. The highest BCUT2D eigenvalue weighted by atomic mass is 16.2. The first-order chi connectivity index (χ1) is 12.5. The standard InChI is InChI=1S/C21H25N3O2/c1-4-17-7-5-6-8-19(17)24-14-13-23(16(3)20(24)25)21(26)22-18-11-9-15(2)10-12-18/h5-12,16H,4,13-14H2,1-3H3,(H,22,26)/t16-/m0/s1. The predicted molar refractivity (Wildman–Crippen MR) is 105 cm³/mol. The summed E-state index contributed by atoms with van der Waals surface area (Å²) in [7, 11) is 0. The van der Waals surface area contributed by atoms with Gasteiger partial charge in [0.15, 0.2) is 0 Å². The minimum Gasteiger partial charge on any atom is -0.311 e. The first-order valence-electron chi connectivity index (χ1n) is 9.05. The lowest BCUT2D eigenvalue weighted by atomic mass is 10.1. The Morgan fingerprint density at radius 1 is 1.12 bits per heavy atom. The highest BCUT2D eigenvalue weighted by Crippen LogP contribution is 2.25. The molecule has 1 fully saturated rings. The molecule has 0 radical (unpaired) electrons. The van der Waals surface area contributed by atoms with E-state index in [0.29, 0.717) is 13.1 Å². The van der Waals surface area contributed by atoms with Gasteiger partial charge in [0, 0.05) is 24.5 Å². The summed E-state index contributed by atoms with van der Waals surface area (Å²) in [6.45, 7) is 6.87. The van der Waals surface area contributed by atoms with Crippen molar-refractivity contribution >= 4 is 23.3 Å². The fourth-order valence-corrected chi connectivity index (χ4v) is 3.29. The molecule has 0 aromatic heterocycles. The molecule has 5 heteroatoms. The first-order valence-corrected chi connectivity index (χ1v) is 9.05. The number of hydrogen-bond donors (Lipinski definition) is 1. The number of carbonyl (C=O) groups is 2. The van der Waals surface area contributed by atoms with Crippen molar-refractivity contribution in [1.29, 1.82) is 0 Å². The van der Waals surface area contributed by atoms with Gasteiger partial charge in [0.25, 0.3) is 0 Å². The molecule has 26 heavy (non-hydrogen) atoms. The number of nitrogens with one attached hydrogen (secondary N) is 1. The molecule has 1 atom stereocenters. The summed E-state index contributed by atoms with van der Waals surface area (Å²) in [6, 6.07) is 14.9. The molecule has 0 saturated carbocycles. The summed E-state index contributed by atoms with van der Waals surface area (Å²) in [6.07, 6.45) is 0.867. The largest absolute Gasteiger partial charge is 0.322 e. The van der Waals surface area contributed by atoms with Crippen LogP contribution in [0, 0.1) is 6.92 Å². The number of para-hydroxylation sites is 1. The lowest BCUT2D eigenvalue weighted by Crippen LogP contribution is -2.58. The van der Waals surface area contributed by atoms with Crippen molar-refractivity contribution < 1.29 is 9.59 Å². The van der Waals surface area contributed by atoms with Crippen LogP contribution in [0.4, 0.5) is 16.2 Å². The predicted octanol–water partition coefficient (Wildman–Crippen LogP) is 3.83. The van der Waals surface area contributed by atoms with Crippen LogP contribution in [-0.2, 0) is 11.2 Å². The van der Waals surface area contributed by atoms with Crippen LogP contribution in [0.25, 0.3) is 0 Å². The lowest BCUT2D eigenvalue weighted by Gasteiger charge is -2.39. The number of hydrogen-bond acceptors (Lipinski definition) is 2. The van der Waals surface area contributed by atoms with Gasteiger partial charge in [-0.15, -0.1) is 0 Å². The maximum atomic E-state index is 12.9. The zero-order valence-corrected chi connectivity index (χ0v) is 15.5. The quantitative estimate of drug-likeness (QED) is 0.914. The molecule has 1 heterocycles. The van der Waals surface area contributed by atoms with E-state index in [-0.39, 0.29) is 11.9 Å². The molecule has 1 aliphatic heterocycles. The van der Waals surface area contributed by atoms with Crippen molar-refractivity contribution in [1.82, 2.24) is 4.90 Å². The zero-order chi connectivity index (χ0) is 18.7. The Labute approximate surface area is 154 Å². The van der Waals surface area contributed by atoms with Crippen LogP contribution in [0.1, 0.15) is 25.0 Å². The number of urea groups is 1. The summed E-state index contributed by atoms with van der Waals surface area (Å²) >= 11 is 0. The number of benzene rings is 2. The number of nitrogens with zero attached hydrogens (tertiary/aromatic N) is 2. The normalized spacial score (nSPS) is 17.3. The molecule has 1 aliphatic rings. The Bertz CT molecular complexity index is 801. The minimum absolute atomic E-state index is 0.0452. The van der Waals surface area contributed by atoms with Crippen molar-refractivity contribution in [3.05, 3.63) is 59.7 Å². The third kappa shape index (κ3) is 3.57. The number of amides is 3. The van der Waals surface area contributed by atoms with E-state index in [1.54, 1.807) is 16.7 Å². The van der Waals surface area contributed by atoms with Crippen LogP contribution in [0.5, 0.6) is 0 Å². The fraction of sp³-hybridized carbons (Fsp3) is 0.333. The lowest BCUT2D eigenvalue weighted by molar-refractivity contribution is -0.123. The average Bonchev–Trinajstić information content (AvgIpc) is 2.65. The van der Waals surface area contributed by atoms with E-state index in [2.05, 4.69) is 12.2 Å². The highest BCUT2D eigenvalue weighted by Gasteiger charge is 2.35. The third-order valence-corrected chi connectivity index (χ3v) is 4.88. The van der Waals surface area contributed by atoms with Crippen molar-refractivity contribution in [2.45, 2.75) is 33.2 Å². The van der Waals surface area contributed by atoms with Gasteiger partial charge < -0.3 is 15.1 Å². The Morgan fingerprint density at radius 3 is 2.50 bits per heavy atom. The summed E-state index contributed by atoms with van der Waals surface area (Å²) in [4.78, 5) is 28.9. The Hall–Kier alpha value is -2.82. The topological polar surface area (TPSA) is 52.6 Å². The van der Waals surface area contributed by atoms with E-state index < -0.39 is 6.04 Å². The maximum Gasteiger partial charge on any atom is 0.322 e. The molecule has 1 saturated heterocycles. The van der Waals surface area contributed by atoms with Gasteiger partial charge >= 0.3 is 6.03 Å². The molecule has 3 amide bonds. The van der Waals surface area contributed by atoms with E-state index in [1.807, 2.05) is 55.5 Å². The van der Waals surface area contributed by atoms with Gasteiger partial charge in [-0.25, -0.2) is 4.79 Å². The molecular formula is C21H25N3O2. The number of aryl methyl sites for hydroxylation is 2. The molecule has 2 aromatic rings. The van der Waals surface area contributed by atoms with Gasteiger partial charge in [0.1, 0.15) is 6.04 Å². The van der Waals surface area contributed by atoms with Crippen molar-refractivity contribution in [2.24, 2.45) is 0 Å². The van der Waals surface area contributed by atoms with Gasteiger partial charge in [0.05, 0.1) is 0 Å².